The summed E-state index contributed by atoms with van der Waals surface area (Å²) in [5.74, 6) is -0.353. The maximum atomic E-state index is 11.9. The number of rotatable bonds is 1. The van der Waals surface area contributed by atoms with Gasteiger partial charge >= 0.3 is 6.36 Å². The lowest BCUT2D eigenvalue weighted by Crippen LogP contribution is -2.18. The van der Waals surface area contributed by atoms with Gasteiger partial charge in [-0.2, -0.15) is 0 Å². The van der Waals surface area contributed by atoms with Gasteiger partial charge in [0.25, 0.3) is 0 Å². The predicted octanol–water partition coefficient (Wildman–Crippen LogP) is 3.38. The van der Waals surface area contributed by atoms with Gasteiger partial charge in [-0.25, -0.2) is 0 Å². The van der Waals surface area contributed by atoms with E-state index in [0.29, 0.717) is 7.14 Å². The molecule has 0 aliphatic heterocycles. The van der Waals surface area contributed by atoms with E-state index in [1.807, 2.05) is 45.2 Å². The third-order valence-corrected chi connectivity index (χ3v) is 2.80. The lowest BCUT2D eigenvalue weighted by molar-refractivity contribution is -0.274. The first-order valence-electron chi connectivity index (χ1n) is 3.30. The number of ether oxygens (including phenoxy) is 1. The highest BCUT2D eigenvalue weighted by atomic mass is 127. The second kappa shape index (κ2) is 4.29. The molecule has 1 aromatic rings. The highest BCUT2D eigenvalue weighted by Crippen LogP contribution is 2.33. The molecule has 0 heterocycles. The van der Waals surface area contributed by atoms with Crippen LogP contribution in [-0.2, 0) is 0 Å². The van der Waals surface area contributed by atoms with Gasteiger partial charge in [0.2, 0.25) is 0 Å². The molecule has 0 fully saturated rings. The molecule has 0 radical (unpaired) electrons. The standard InChI is InChI=1S/C7H4F3I2NO/c8-7(9,10)14-5-2-3(11)1-4(12)6(5)13/h1-2H,13H2. The number of alkyl halides is 3. The first kappa shape index (κ1) is 12.1. The van der Waals surface area contributed by atoms with Crippen molar-refractivity contribution in [2.45, 2.75) is 6.36 Å². The molecule has 2 nitrogen and oxygen atoms in total. The van der Waals surface area contributed by atoms with Crippen molar-refractivity contribution in [1.82, 2.24) is 0 Å². The second-order valence-corrected chi connectivity index (χ2v) is 4.76. The lowest BCUT2D eigenvalue weighted by atomic mass is 10.3. The third kappa shape index (κ3) is 3.33. The quantitative estimate of drug-likeness (QED) is 0.550. The molecular formula is C7H4F3I2NO. The summed E-state index contributed by atoms with van der Waals surface area (Å²) in [5, 5.41) is 0. The molecule has 0 aliphatic carbocycles. The molecule has 0 bridgehead atoms. The molecule has 0 aromatic heterocycles. The Morgan fingerprint density at radius 3 is 2.29 bits per heavy atom. The zero-order chi connectivity index (χ0) is 10.9. The Bertz CT molecular complexity index is 354. The molecule has 0 spiro atoms. The summed E-state index contributed by atoms with van der Waals surface area (Å²) >= 11 is 3.74. The van der Waals surface area contributed by atoms with Gasteiger partial charge in [-0.3, -0.25) is 0 Å². The van der Waals surface area contributed by atoms with Crippen LogP contribution in [0.1, 0.15) is 0 Å². The largest absolute Gasteiger partial charge is 0.573 e. The van der Waals surface area contributed by atoms with Crippen LogP contribution in [0, 0.1) is 7.14 Å². The summed E-state index contributed by atoms with van der Waals surface area (Å²) in [7, 11) is 0. The monoisotopic (exact) mass is 429 g/mol. The van der Waals surface area contributed by atoms with E-state index in [0.717, 1.165) is 0 Å². The summed E-state index contributed by atoms with van der Waals surface area (Å²) in [6.45, 7) is 0. The topological polar surface area (TPSA) is 35.2 Å². The highest BCUT2D eigenvalue weighted by Gasteiger charge is 2.32. The van der Waals surface area contributed by atoms with Crippen molar-refractivity contribution in [3.05, 3.63) is 19.3 Å². The predicted molar refractivity (Wildman–Crippen MR) is 63.0 cm³/mol. The Balaban J connectivity index is 3.09. The van der Waals surface area contributed by atoms with Crippen molar-refractivity contribution in [3.63, 3.8) is 0 Å². The van der Waals surface area contributed by atoms with E-state index in [4.69, 9.17) is 5.73 Å². The smallest absolute Gasteiger partial charge is 0.404 e. The Labute approximate surface area is 105 Å². The average molecular weight is 429 g/mol. The molecule has 1 aromatic carbocycles. The normalized spacial score (nSPS) is 11.5. The van der Waals surface area contributed by atoms with Gasteiger partial charge in [-0.15, -0.1) is 13.2 Å². The Kier molecular flexibility index (Phi) is 3.72. The molecule has 1 rings (SSSR count). The van der Waals surface area contributed by atoms with Crippen molar-refractivity contribution in [2.75, 3.05) is 5.73 Å². The molecule has 0 atom stereocenters. The fraction of sp³-hybridized carbons (Fsp3) is 0.143. The van der Waals surface area contributed by atoms with E-state index in [2.05, 4.69) is 4.74 Å². The number of anilines is 1. The number of hydrogen-bond donors (Lipinski definition) is 1. The molecule has 78 valence electrons. The van der Waals surface area contributed by atoms with Crippen molar-refractivity contribution in [1.29, 1.82) is 0 Å². The maximum absolute atomic E-state index is 11.9. The number of halogens is 5. The second-order valence-electron chi connectivity index (χ2n) is 2.35. The minimum Gasteiger partial charge on any atom is -0.404 e. The molecule has 0 saturated heterocycles. The SMILES string of the molecule is Nc1c(I)cc(I)cc1OC(F)(F)F. The Morgan fingerprint density at radius 2 is 1.79 bits per heavy atom. The van der Waals surface area contributed by atoms with E-state index in [-0.39, 0.29) is 11.4 Å². The van der Waals surface area contributed by atoms with E-state index in [1.165, 1.54) is 6.07 Å². The number of hydrogen-bond acceptors (Lipinski definition) is 2. The van der Waals surface area contributed by atoms with Gasteiger partial charge < -0.3 is 10.5 Å². The Morgan fingerprint density at radius 1 is 1.21 bits per heavy atom. The van der Waals surface area contributed by atoms with E-state index in [9.17, 15) is 13.2 Å². The van der Waals surface area contributed by atoms with Crippen LogP contribution >= 0.6 is 45.2 Å². The molecule has 0 unspecified atom stereocenters. The van der Waals surface area contributed by atoms with Gasteiger partial charge in [-0.1, -0.05) is 0 Å². The van der Waals surface area contributed by atoms with Crippen LogP contribution < -0.4 is 10.5 Å². The summed E-state index contributed by atoms with van der Waals surface area (Å²) in [4.78, 5) is 0. The van der Waals surface area contributed by atoms with Crippen molar-refractivity contribution >= 4 is 50.9 Å². The highest BCUT2D eigenvalue weighted by molar-refractivity contribution is 14.1. The zero-order valence-corrected chi connectivity index (χ0v) is 10.8. The van der Waals surface area contributed by atoms with Crippen molar-refractivity contribution in [3.8, 4) is 5.75 Å². The van der Waals surface area contributed by atoms with Crippen LogP contribution in [0.15, 0.2) is 12.1 Å². The van der Waals surface area contributed by atoms with Crippen molar-refractivity contribution < 1.29 is 17.9 Å². The van der Waals surface area contributed by atoms with Crippen LogP contribution in [0.25, 0.3) is 0 Å². The van der Waals surface area contributed by atoms with Gasteiger partial charge in [0.1, 0.15) is 0 Å². The molecular weight excluding hydrogens is 425 g/mol. The summed E-state index contributed by atoms with van der Waals surface area (Å²) in [5.41, 5.74) is 5.43. The van der Waals surface area contributed by atoms with Crippen LogP contribution in [0.3, 0.4) is 0 Å². The van der Waals surface area contributed by atoms with Gasteiger partial charge in [0, 0.05) is 7.14 Å². The average Bonchev–Trinajstić information content (AvgIpc) is 1.96. The molecule has 0 amide bonds. The molecule has 7 heteroatoms. The number of benzene rings is 1. The molecule has 0 aliphatic rings. The first-order valence-corrected chi connectivity index (χ1v) is 5.45. The maximum Gasteiger partial charge on any atom is 0.573 e. The summed E-state index contributed by atoms with van der Waals surface area (Å²) in [6.07, 6.45) is -4.71. The summed E-state index contributed by atoms with van der Waals surface area (Å²) in [6, 6.07) is 2.91. The number of nitrogen functional groups attached to an aromatic ring is 1. The van der Waals surface area contributed by atoms with Gasteiger partial charge in [0.15, 0.2) is 5.75 Å². The summed E-state index contributed by atoms with van der Waals surface area (Å²) < 4.78 is 40.6. The van der Waals surface area contributed by atoms with E-state index >= 15 is 0 Å². The van der Waals surface area contributed by atoms with Crippen LogP contribution in [-0.4, -0.2) is 6.36 Å². The third-order valence-electron chi connectivity index (χ3n) is 1.28. The Hall–Kier alpha value is 0.0700. The first-order chi connectivity index (χ1) is 6.29. The van der Waals surface area contributed by atoms with Gasteiger partial charge in [-0.05, 0) is 57.3 Å². The number of nitrogens with two attached hydrogens (primary N) is 1. The molecule has 14 heavy (non-hydrogen) atoms. The molecule has 2 N–H and O–H groups in total. The minimum absolute atomic E-state index is 0.00309. The fourth-order valence-corrected chi connectivity index (χ4v) is 2.56. The van der Waals surface area contributed by atoms with Crippen LogP contribution in [0.5, 0.6) is 5.75 Å². The van der Waals surface area contributed by atoms with Crippen LogP contribution in [0.4, 0.5) is 18.9 Å². The van der Waals surface area contributed by atoms with E-state index < -0.39 is 6.36 Å². The van der Waals surface area contributed by atoms with Crippen LogP contribution in [0.2, 0.25) is 0 Å². The fourth-order valence-electron chi connectivity index (χ4n) is 0.770. The van der Waals surface area contributed by atoms with Crippen molar-refractivity contribution in [2.24, 2.45) is 0 Å². The lowest BCUT2D eigenvalue weighted by Gasteiger charge is -2.12. The minimum atomic E-state index is -4.71. The molecule has 0 saturated carbocycles. The zero-order valence-electron chi connectivity index (χ0n) is 6.53. The van der Waals surface area contributed by atoms with E-state index in [1.54, 1.807) is 6.07 Å². The van der Waals surface area contributed by atoms with Gasteiger partial charge in [0.05, 0.1) is 5.69 Å².